The summed E-state index contributed by atoms with van der Waals surface area (Å²) in [5.41, 5.74) is 0.119. The van der Waals surface area contributed by atoms with Crippen LogP contribution in [-0.4, -0.2) is 36.4 Å². The van der Waals surface area contributed by atoms with Crippen LogP contribution in [0.15, 0.2) is 18.2 Å². The first-order valence-corrected chi connectivity index (χ1v) is 6.04. The number of benzene rings is 1. The normalized spacial score (nSPS) is 11.2. The highest BCUT2D eigenvalue weighted by molar-refractivity contribution is 6.33. The number of carboxylic acids is 1. The van der Waals surface area contributed by atoms with Gasteiger partial charge in [0.25, 0.3) is 0 Å². The van der Waals surface area contributed by atoms with E-state index in [0.29, 0.717) is 0 Å². The Morgan fingerprint density at radius 3 is 2.52 bits per heavy atom. The van der Waals surface area contributed by atoms with Crippen molar-refractivity contribution in [2.45, 2.75) is 12.6 Å². The van der Waals surface area contributed by atoms with Gasteiger partial charge in [0.1, 0.15) is 6.61 Å². The summed E-state index contributed by atoms with van der Waals surface area (Å²) < 4.78 is 39.6. The molecule has 116 valence electrons. The molecule has 0 aliphatic heterocycles. The third kappa shape index (κ3) is 6.46. The van der Waals surface area contributed by atoms with Gasteiger partial charge in [0.05, 0.1) is 23.6 Å². The second-order valence-electron chi connectivity index (χ2n) is 3.97. The van der Waals surface area contributed by atoms with Gasteiger partial charge in [-0.2, -0.15) is 13.2 Å². The van der Waals surface area contributed by atoms with Crippen molar-refractivity contribution < 1.29 is 32.6 Å². The molecule has 0 aromatic heterocycles. The van der Waals surface area contributed by atoms with Crippen molar-refractivity contribution in [2.24, 2.45) is 0 Å². The molecule has 1 amide bonds. The number of halogens is 4. The Balaban J connectivity index is 2.45. The molecule has 1 rings (SSSR count). The molecule has 2 N–H and O–H groups in total. The molecule has 0 heterocycles. The SMILES string of the molecule is O=C(CCOCC(F)(F)F)Nc1ccc(C(=O)O)c(Cl)c1. The lowest BCUT2D eigenvalue weighted by Gasteiger charge is -2.09. The number of carbonyl (C=O) groups excluding carboxylic acids is 1. The average molecular weight is 326 g/mol. The smallest absolute Gasteiger partial charge is 0.411 e. The number of hydrogen-bond donors (Lipinski definition) is 2. The Hall–Kier alpha value is -1.80. The van der Waals surface area contributed by atoms with Gasteiger partial charge in [-0.3, -0.25) is 4.79 Å². The minimum atomic E-state index is -4.43. The Bertz CT molecular complexity index is 534. The number of anilines is 1. The fourth-order valence-electron chi connectivity index (χ4n) is 1.34. The van der Waals surface area contributed by atoms with Gasteiger partial charge in [0.2, 0.25) is 5.91 Å². The third-order valence-electron chi connectivity index (χ3n) is 2.22. The molecule has 0 bridgehead atoms. The van der Waals surface area contributed by atoms with Gasteiger partial charge < -0.3 is 15.2 Å². The van der Waals surface area contributed by atoms with Gasteiger partial charge in [-0.05, 0) is 18.2 Å². The Labute approximate surface area is 122 Å². The lowest BCUT2D eigenvalue weighted by Crippen LogP contribution is -2.20. The first-order chi connectivity index (χ1) is 9.69. The highest BCUT2D eigenvalue weighted by Gasteiger charge is 2.27. The predicted molar refractivity (Wildman–Crippen MR) is 68.5 cm³/mol. The van der Waals surface area contributed by atoms with Crippen LogP contribution < -0.4 is 5.32 Å². The molecule has 1 aromatic carbocycles. The number of alkyl halides is 3. The maximum Gasteiger partial charge on any atom is 0.411 e. The first kappa shape index (κ1) is 17.3. The first-order valence-electron chi connectivity index (χ1n) is 5.66. The maximum atomic E-state index is 11.8. The standard InChI is InChI=1S/C12H11ClF3NO4/c13-9-5-7(1-2-8(9)11(19)20)17-10(18)3-4-21-6-12(14,15)16/h1-2,5H,3-4,6H2,(H,17,18)(H,19,20). The summed E-state index contributed by atoms with van der Waals surface area (Å²) >= 11 is 5.70. The van der Waals surface area contributed by atoms with Crippen LogP contribution in [0.2, 0.25) is 5.02 Å². The largest absolute Gasteiger partial charge is 0.478 e. The Kier molecular flexibility index (Phi) is 5.98. The molecule has 0 aliphatic rings. The van der Waals surface area contributed by atoms with E-state index in [2.05, 4.69) is 10.1 Å². The summed E-state index contributed by atoms with van der Waals surface area (Å²) in [4.78, 5) is 22.2. The molecule has 0 atom stereocenters. The fourth-order valence-corrected chi connectivity index (χ4v) is 1.60. The number of ether oxygens (including phenoxy) is 1. The van der Waals surface area contributed by atoms with Crippen molar-refractivity contribution in [1.82, 2.24) is 0 Å². The van der Waals surface area contributed by atoms with Gasteiger partial charge in [0.15, 0.2) is 0 Å². The van der Waals surface area contributed by atoms with Gasteiger partial charge in [-0.1, -0.05) is 11.6 Å². The van der Waals surface area contributed by atoms with E-state index in [1.807, 2.05) is 0 Å². The van der Waals surface area contributed by atoms with E-state index in [9.17, 15) is 22.8 Å². The highest BCUT2D eigenvalue weighted by atomic mass is 35.5. The molecule has 0 saturated heterocycles. The second kappa shape index (κ2) is 7.28. The van der Waals surface area contributed by atoms with Crippen molar-refractivity contribution in [3.63, 3.8) is 0 Å². The van der Waals surface area contributed by atoms with Crippen LogP contribution in [0.1, 0.15) is 16.8 Å². The van der Waals surface area contributed by atoms with E-state index in [1.54, 1.807) is 0 Å². The van der Waals surface area contributed by atoms with Crippen molar-refractivity contribution in [3.05, 3.63) is 28.8 Å². The molecule has 1 aromatic rings. The summed E-state index contributed by atoms with van der Waals surface area (Å²) in [5, 5.41) is 11.1. The quantitative estimate of drug-likeness (QED) is 0.788. The number of amides is 1. The molecule has 0 aliphatic carbocycles. The Morgan fingerprint density at radius 2 is 2.00 bits per heavy atom. The van der Waals surface area contributed by atoms with Gasteiger partial charge in [-0.15, -0.1) is 0 Å². The van der Waals surface area contributed by atoms with Crippen LogP contribution in [0.25, 0.3) is 0 Å². The minimum Gasteiger partial charge on any atom is -0.478 e. The van der Waals surface area contributed by atoms with E-state index >= 15 is 0 Å². The topological polar surface area (TPSA) is 75.6 Å². The van der Waals surface area contributed by atoms with Crippen LogP contribution >= 0.6 is 11.6 Å². The zero-order chi connectivity index (χ0) is 16.0. The molecule has 9 heteroatoms. The van der Waals surface area contributed by atoms with Crippen LogP contribution in [-0.2, 0) is 9.53 Å². The van der Waals surface area contributed by atoms with E-state index < -0.39 is 24.7 Å². The molecular weight excluding hydrogens is 315 g/mol. The summed E-state index contributed by atoms with van der Waals surface area (Å²) in [7, 11) is 0. The average Bonchev–Trinajstić information content (AvgIpc) is 2.33. The monoisotopic (exact) mass is 325 g/mol. The van der Waals surface area contributed by atoms with E-state index in [-0.39, 0.29) is 29.3 Å². The lowest BCUT2D eigenvalue weighted by molar-refractivity contribution is -0.174. The van der Waals surface area contributed by atoms with Crippen molar-refractivity contribution in [2.75, 3.05) is 18.5 Å². The third-order valence-corrected chi connectivity index (χ3v) is 2.54. The van der Waals surface area contributed by atoms with Gasteiger partial charge in [-0.25, -0.2) is 4.79 Å². The molecule has 0 unspecified atom stereocenters. The summed E-state index contributed by atoms with van der Waals surface area (Å²) in [6, 6.07) is 3.77. The number of carboxylic acid groups (broad SMARTS) is 1. The zero-order valence-corrected chi connectivity index (χ0v) is 11.3. The minimum absolute atomic E-state index is 0.0615. The van der Waals surface area contributed by atoms with Crippen molar-refractivity contribution in [1.29, 1.82) is 0 Å². The second-order valence-corrected chi connectivity index (χ2v) is 4.37. The lowest BCUT2D eigenvalue weighted by atomic mass is 10.2. The summed E-state index contributed by atoms with van der Waals surface area (Å²) in [6.07, 6.45) is -4.70. The number of aromatic carboxylic acids is 1. The van der Waals surface area contributed by atoms with E-state index in [1.165, 1.54) is 18.2 Å². The van der Waals surface area contributed by atoms with Crippen LogP contribution in [0.4, 0.5) is 18.9 Å². The van der Waals surface area contributed by atoms with E-state index in [4.69, 9.17) is 16.7 Å². The van der Waals surface area contributed by atoms with Crippen LogP contribution in [0.5, 0.6) is 0 Å². The molecule has 0 fully saturated rings. The molecule has 21 heavy (non-hydrogen) atoms. The Morgan fingerprint density at radius 1 is 1.33 bits per heavy atom. The summed E-state index contributed by atoms with van der Waals surface area (Å²) in [6.45, 7) is -1.80. The number of rotatable bonds is 6. The van der Waals surface area contributed by atoms with Gasteiger partial charge >= 0.3 is 12.1 Å². The van der Waals surface area contributed by atoms with Crippen molar-refractivity contribution in [3.8, 4) is 0 Å². The zero-order valence-electron chi connectivity index (χ0n) is 10.5. The predicted octanol–water partition coefficient (Wildman–Crippen LogP) is 2.95. The fraction of sp³-hybridized carbons (Fsp3) is 0.333. The summed E-state index contributed by atoms with van der Waals surface area (Å²) in [5.74, 6) is -1.78. The number of hydrogen-bond acceptors (Lipinski definition) is 3. The molecule has 5 nitrogen and oxygen atoms in total. The highest BCUT2D eigenvalue weighted by Crippen LogP contribution is 2.21. The molecular formula is C12H11ClF3NO4. The molecule has 0 spiro atoms. The molecule has 0 radical (unpaired) electrons. The van der Waals surface area contributed by atoms with Crippen LogP contribution in [0.3, 0.4) is 0 Å². The van der Waals surface area contributed by atoms with Gasteiger partial charge in [0, 0.05) is 5.69 Å². The van der Waals surface area contributed by atoms with Crippen LogP contribution in [0, 0.1) is 0 Å². The maximum absolute atomic E-state index is 11.8. The molecule has 0 saturated carbocycles. The number of carbonyl (C=O) groups is 2. The van der Waals surface area contributed by atoms with E-state index in [0.717, 1.165) is 0 Å². The van der Waals surface area contributed by atoms with Crippen molar-refractivity contribution >= 4 is 29.2 Å². The number of nitrogens with one attached hydrogen (secondary N) is 1.